The summed E-state index contributed by atoms with van der Waals surface area (Å²) < 4.78 is 33.4. The van der Waals surface area contributed by atoms with Gasteiger partial charge < -0.3 is 25.2 Å². The van der Waals surface area contributed by atoms with E-state index in [2.05, 4.69) is 38.2 Å². The topological polar surface area (TPSA) is 155 Å². The van der Waals surface area contributed by atoms with Crippen LogP contribution in [0.3, 0.4) is 0 Å². The molecule has 0 aromatic heterocycles. The van der Waals surface area contributed by atoms with Crippen LogP contribution in [-0.2, 0) is 32.7 Å². The number of aliphatic carboxylic acids is 1. The second kappa shape index (κ2) is 43.5. The van der Waals surface area contributed by atoms with Crippen LogP contribution in [0.2, 0.25) is 0 Å². The van der Waals surface area contributed by atoms with E-state index < -0.39 is 45.1 Å². The van der Waals surface area contributed by atoms with Gasteiger partial charge >= 0.3 is 19.8 Å². The Morgan fingerprint density at radius 1 is 0.534 bits per heavy atom. The van der Waals surface area contributed by atoms with E-state index in [1.165, 1.54) is 141 Å². The Labute approximate surface area is 355 Å². The molecule has 3 unspecified atom stereocenters. The number of nitrogens with two attached hydrogens (primary N) is 1. The standard InChI is InChI=1S/C47H90NO9P/c1-3-5-7-9-11-13-15-17-18-19-20-21-22-23-24-25-26-27-28-30-32-34-36-38-40-54-41-44(42-55-58(52,53)56-43-45(48)47(50)51)57-46(49)39-37-35-33-31-29-16-14-12-10-8-6-4-2/h12,14,19-20,44-45H,3-11,13,15-18,21-43,48H2,1-2H3,(H,50,51)(H,52,53)/b14-12-,20-19-. The number of esters is 1. The molecule has 0 aromatic rings. The zero-order valence-corrected chi connectivity index (χ0v) is 38.3. The normalized spacial score (nSPS) is 14.0. The monoisotopic (exact) mass is 844 g/mol. The van der Waals surface area contributed by atoms with Crippen molar-refractivity contribution >= 4 is 19.8 Å². The van der Waals surface area contributed by atoms with Crippen LogP contribution in [-0.4, -0.2) is 60.5 Å². The highest BCUT2D eigenvalue weighted by atomic mass is 31.2. The number of carbonyl (C=O) groups excluding carboxylic acids is 1. The van der Waals surface area contributed by atoms with E-state index >= 15 is 0 Å². The minimum Gasteiger partial charge on any atom is -0.480 e. The van der Waals surface area contributed by atoms with E-state index in [4.69, 9.17) is 29.4 Å². The third-order valence-corrected chi connectivity index (χ3v) is 11.4. The maximum absolute atomic E-state index is 12.6. The van der Waals surface area contributed by atoms with Crippen LogP contribution in [0.15, 0.2) is 24.3 Å². The number of unbranched alkanes of at least 4 members (excludes halogenated alkanes) is 28. The summed E-state index contributed by atoms with van der Waals surface area (Å²) in [6, 6.07) is -1.47. The molecule has 0 fully saturated rings. The molecule has 0 amide bonds. The van der Waals surface area contributed by atoms with Crippen LogP contribution in [0, 0.1) is 0 Å². The molecule has 0 saturated heterocycles. The van der Waals surface area contributed by atoms with Crippen LogP contribution in [0.5, 0.6) is 0 Å². The van der Waals surface area contributed by atoms with Crippen LogP contribution in [0.1, 0.15) is 226 Å². The molecular formula is C47H90NO9P. The number of ether oxygens (including phenoxy) is 2. The zero-order chi connectivity index (χ0) is 42.6. The Hall–Kier alpha value is -1.55. The molecule has 0 aliphatic carbocycles. The van der Waals surface area contributed by atoms with Gasteiger partial charge in [0.15, 0.2) is 0 Å². The van der Waals surface area contributed by atoms with Crippen molar-refractivity contribution in [2.24, 2.45) is 5.73 Å². The number of hydrogen-bond acceptors (Lipinski definition) is 8. The van der Waals surface area contributed by atoms with Gasteiger partial charge in [-0.1, -0.05) is 179 Å². The Morgan fingerprint density at radius 2 is 0.897 bits per heavy atom. The average molecular weight is 844 g/mol. The molecule has 0 bridgehead atoms. The summed E-state index contributed by atoms with van der Waals surface area (Å²) in [4.78, 5) is 33.5. The zero-order valence-electron chi connectivity index (χ0n) is 37.4. The number of hydrogen-bond donors (Lipinski definition) is 3. The molecule has 0 spiro atoms. The highest BCUT2D eigenvalue weighted by Crippen LogP contribution is 2.43. The van der Waals surface area contributed by atoms with Gasteiger partial charge in [-0.25, -0.2) is 4.57 Å². The lowest BCUT2D eigenvalue weighted by atomic mass is 10.0. The molecule has 10 nitrogen and oxygen atoms in total. The first kappa shape index (κ1) is 56.5. The SMILES string of the molecule is CCCCC/C=C\CCCCCCCC(=O)OC(COCCCCCCCCCCCCCC/C=C\CCCCCCCCCC)COP(=O)(O)OCC(N)C(=O)O. The first-order valence-electron chi connectivity index (χ1n) is 23.9. The smallest absolute Gasteiger partial charge is 0.472 e. The molecule has 0 aliphatic rings. The Kier molecular flexibility index (Phi) is 42.4. The molecule has 0 rings (SSSR count). The van der Waals surface area contributed by atoms with Gasteiger partial charge in [0.05, 0.1) is 19.8 Å². The van der Waals surface area contributed by atoms with Crippen molar-refractivity contribution in [3.63, 3.8) is 0 Å². The minimum absolute atomic E-state index is 0.0163. The molecule has 0 heterocycles. The van der Waals surface area contributed by atoms with Gasteiger partial charge in [-0.05, 0) is 64.2 Å². The Bertz CT molecular complexity index is 1020. The van der Waals surface area contributed by atoms with E-state index in [0.717, 1.165) is 57.8 Å². The molecule has 4 N–H and O–H groups in total. The molecule has 3 atom stereocenters. The second-order valence-corrected chi connectivity index (χ2v) is 17.7. The van der Waals surface area contributed by atoms with Crippen molar-refractivity contribution in [2.75, 3.05) is 26.4 Å². The van der Waals surface area contributed by atoms with Crippen molar-refractivity contribution in [3.05, 3.63) is 24.3 Å². The number of phosphoric acid groups is 1. The number of rotatable bonds is 46. The molecule has 0 saturated carbocycles. The summed E-state index contributed by atoms with van der Waals surface area (Å²) in [5.74, 6) is -1.78. The van der Waals surface area contributed by atoms with E-state index in [1.54, 1.807) is 0 Å². The lowest BCUT2D eigenvalue weighted by Gasteiger charge is -2.20. The van der Waals surface area contributed by atoms with Gasteiger partial charge in [0.2, 0.25) is 0 Å². The fraction of sp³-hybridized carbons (Fsp3) is 0.872. The van der Waals surface area contributed by atoms with Gasteiger partial charge in [-0.3, -0.25) is 18.6 Å². The van der Waals surface area contributed by atoms with Crippen LogP contribution in [0.4, 0.5) is 0 Å². The molecule has 11 heteroatoms. The van der Waals surface area contributed by atoms with Crippen molar-refractivity contribution in [1.29, 1.82) is 0 Å². The molecule has 0 aromatic carbocycles. The predicted octanol–water partition coefficient (Wildman–Crippen LogP) is 13.5. The third kappa shape index (κ3) is 42.6. The summed E-state index contributed by atoms with van der Waals surface area (Å²) >= 11 is 0. The fourth-order valence-corrected chi connectivity index (χ4v) is 7.49. The molecule has 58 heavy (non-hydrogen) atoms. The van der Waals surface area contributed by atoms with Crippen molar-refractivity contribution in [3.8, 4) is 0 Å². The Morgan fingerprint density at radius 3 is 1.34 bits per heavy atom. The average Bonchev–Trinajstić information content (AvgIpc) is 3.20. The van der Waals surface area contributed by atoms with Gasteiger partial charge in [-0.2, -0.15) is 0 Å². The highest BCUT2D eigenvalue weighted by Gasteiger charge is 2.27. The van der Waals surface area contributed by atoms with E-state index in [0.29, 0.717) is 13.0 Å². The summed E-state index contributed by atoms with van der Waals surface area (Å²) in [7, 11) is -4.62. The molecule has 0 aliphatic heterocycles. The van der Waals surface area contributed by atoms with E-state index in [9.17, 15) is 19.0 Å². The second-order valence-electron chi connectivity index (χ2n) is 16.2. The fourth-order valence-electron chi connectivity index (χ4n) is 6.71. The number of phosphoric ester groups is 1. The number of carboxylic acids is 1. The lowest BCUT2D eigenvalue weighted by molar-refractivity contribution is -0.154. The van der Waals surface area contributed by atoms with E-state index in [1.807, 2.05) is 0 Å². The predicted molar refractivity (Wildman–Crippen MR) is 240 cm³/mol. The minimum atomic E-state index is -4.62. The van der Waals surface area contributed by atoms with Crippen molar-refractivity contribution in [1.82, 2.24) is 0 Å². The summed E-state index contributed by atoms with van der Waals surface area (Å²) in [5, 5.41) is 8.90. The van der Waals surface area contributed by atoms with Gasteiger partial charge in [0.25, 0.3) is 0 Å². The highest BCUT2D eigenvalue weighted by molar-refractivity contribution is 7.47. The summed E-state index contributed by atoms with van der Waals surface area (Å²) in [6.45, 7) is 3.87. The first-order valence-corrected chi connectivity index (χ1v) is 25.4. The van der Waals surface area contributed by atoms with Gasteiger partial charge in [-0.15, -0.1) is 0 Å². The number of allylic oxidation sites excluding steroid dienone is 4. The van der Waals surface area contributed by atoms with Crippen molar-refractivity contribution in [2.45, 2.75) is 238 Å². The number of carboxylic acid groups (broad SMARTS) is 1. The van der Waals surface area contributed by atoms with Gasteiger partial charge in [0.1, 0.15) is 12.1 Å². The maximum atomic E-state index is 12.6. The van der Waals surface area contributed by atoms with Crippen LogP contribution < -0.4 is 5.73 Å². The molecule has 342 valence electrons. The number of carbonyl (C=O) groups is 2. The molecular weight excluding hydrogens is 753 g/mol. The lowest BCUT2D eigenvalue weighted by Crippen LogP contribution is -2.34. The van der Waals surface area contributed by atoms with E-state index in [-0.39, 0.29) is 13.0 Å². The third-order valence-electron chi connectivity index (χ3n) is 10.5. The largest absolute Gasteiger partial charge is 0.480 e. The maximum Gasteiger partial charge on any atom is 0.472 e. The first-order chi connectivity index (χ1) is 28.2. The molecule has 0 radical (unpaired) electrons. The Balaban J connectivity index is 4.07. The quantitative estimate of drug-likeness (QED) is 0.0233. The summed E-state index contributed by atoms with van der Waals surface area (Å²) in [6.07, 6.45) is 48.1. The van der Waals surface area contributed by atoms with Crippen LogP contribution >= 0.6 is 7.82 Å². The van der Waals surface area contributed by atoms with Crippen molar-refractivity contribution < 1.29 is 42.7 Å². The summed E-state index contributed by atoms with van der Waals surface area (Å²) in [5.41, 5.74) is 5.36. The van der Waals surface area contributed by atoms with Gasteiger partial charge in [0, 0.05) is 13.0 Å². The van der Waals surface area contributed by atoms with Crippen LogP contribution in [0.25, 0.3) is 0 Å².